The first-order valence-corrected chi connectivity index (χ1v) is 5.80. The summed E-state index contributed by atoms with van der Waals surface area (Å²) in [5, 5.41) is 0. The number of aryl methyl sites for hydroxylation is 1. The molecule has 2 rings (SSSR count). The van der Waals surface area contributed by atoms with Crippen LogP contribution < -0.4 is 11.5 Å². The smallest absolute Gasteiger partial charge is 0.408 e. The Morgan fingerprint density at radius 1 is 1.42 bits per heavy atom. The van der Waals surface area contributed by atoms with Crippen LogP contribution in [0.3, 0.4) is 0 Å². The monoisotopic (exact) mass is 274 g/mol. The van der Waals surface area contributed by atoms with Crippen LogP contribution in [0.25, 0.3) is 11.1 Å². The van der Waals surface area contributed by atoms with E-state index in [1.54, 1.807) is 0 Å². The molecule has 1 heterocycles. The summed E-state index contributed by atoms with van der Waals surface area (Å²) in [6.45, 7) is 2.34. The molecule has 7 heteroatoms. The predicted molar refractivity (Wildman–Crippen MR) is 63.7 cm³/mol. The van der Waals surface area contributed by atoms with Crippen LogP contribution in [0.1, 0.15) is 24.9 Å². The Morgan fingerprint density at radius 2 is 2.11 bits per heavy atom. The second-order valence-corrected chi connectivity index (χ2v) is 4.27. The minimum absolute atomic E-state index is 0.121. The molecule has 0 aliphatic carbocycles. The highest BCUT2D eigenvalue weighted by Crippen LogP contribution is 2.31. The molecule has 2 aromatic rings. The van der Waals surface area contributed by atoms with Crippen molar-refractivity contribution in [2.45, 2.75) is 32.1 Å². The molecule has 19 heavy (non-hydrogen) atoms. The van der Waals surface area contributed by atoms with Crippen LogP contribution >= 0.6 is 0 Å². The van der Waals surface area contributed by atoms with E-state index in [0.717, 1.165) is 6.42 Å². The highest BCUT2D eigenvalue weighted by atomic mass is 19.4. The van der Waals surface area contributed by atoms with Crippen LogP contribution in [0.2, 0.25) is 0 Å². The van der Waals surface area contributed by atoms with Gasteiger partial charge in [-0.1, -0.05) is 13.0 Å². The average molecular weight is 274 g/mol. The molecule has 1 aromatic carbocycles. The lowest BCUT2D eigenvalue weighted by molar-refractivity contribution is -0.149. The second-order valence-electron chi connectivity index (χ2n) is 4.27. The van der Waals surface area contributed by atoms with Gasteiger partial charge in [-0.2, -0.15) is 13.2 Å². The van der Waals surface area contributed by atoms with E-state index in [2.05, 4.69) is 0 Å². The second kappa shape index (κ2) is 4.73. The third-order valence-electron chi connectivity index (χ3n) is 2.85. The van der Waals surface area contributed by atoms with Crippen molar-refractivity contribution in [2.24, 2.45) is 5.73 Å². The third kappa shape index (κ3) is 2.51. The van der Waals surface area contributed by atoms with E-state index in [1.807, 2.05) is 6.92 Å². The van der Waals surface area contributed by atoms with Gasteiger partial charge in [0.25, 0.3) is 0 Å². The Hall–Kier alpha value is -1.76. The maximum Gasteiger partial charge on any atom is 0.419 e. The lowest BCUT2D eigenvalue weighted by Crippen LogP contribution is -2.28. The van der Waals surface area contributed by atoms with Crippen molar-refractivity contribution < 1.29 is 17.6 Å². The van der Waals surface area contributed by atoms with E-state index < -0.39 is 18.0 Å². The predicted octanol–water partition coefficient (Wildman–Crippen LogP) is 2.57. The number of benzene rings is 1. The van der Waals surface area contributed by atoms with E-state index in [1.165, 1.54) is 22.8 Å². The number of rotatable bonds is 3. The Labute approximate surface area is 106 Å². The first kappa shape index (κ1) is 13.7. The minimum atomic E-state index is -4.53. The van der Waals surface area contributed by atoms with Gasteiger partial charge in [-0.15, -0.1) is 0 Å². The van der Waals surface area contributed by atoms with Gasteiger partial charge in [-0.3, -0.25) is 4.57 Å². The Morgan fingerprint density at radius 3 is 2.68 bits per heavy atom. The van der Waals surface area contributed by atoms with Crippen molar-refractivity contribution in [1.82, 2.24) is 4.57 Å². The molecule has 0 bridgehead atoms. The normalized spacial score (nSPS) is 13.9. The molecule has 0 spiro atoms. The molecule has 0 saturated heterocycles. The van der Waals surface area contributed by atoms with Crippen LogP contribution in [0, 0.1) is 0 Å². The van der Waals surface area contributed by atoms with Crippen LogP contribution in [0.5, 0.6) is 0 Å². The lowest BCUT2D eigenvalue weighted by Gasteiger charge is -2.15. The van der Waals surface area contributed by atoms with Gasteiger partial charge in [0, 0.05) is 6.54 Å². The van der Waals surface area contributed by atoms with Crippen molar-refractivity contribution in [1.29, 1.82) is 0 Å². The molecule has 2 N–H and O–H groups in total. The molecule has 104 valence electrons. The van der Waals surface area contributed by atoms with E-state index >= 15 is 0 Å². The topological polar surface area (TPSA) is 61.2 Å². The highest BCUT2D eigenvalue weighted by Gasteiger charge is 2.38. The summed E-state index contributed by atoms with van der Waals surface area (Å²) in [4.78, 5) is 11.5. The van der Waals surface area contributed by atoms with Gasteiger partial charge in [0.05, 0.1) is 5.52 Å². The van der Waals surface area contributed by atoms with Crippen molar-refractivity contribution >= 4 is 11.1 Å². The van der Waals surface area contributed by atoms with Crippen molar-refractivity contribution in [3.63, 3.8) is 0 Å². The van der Waals surface area contributed by atoms with Crippen molar-refractivity contribution in [2.75, 3.05) is 0 Å². The van der Waals surface area contributed by atoms with E-state index in [-0.39, 0.29) is 11.1 Å². The van der Waals surface area contributed by atoms with Crippen molar-refractivity contribution in [3.05, 3.63) is 34.3 Å². The van der Waals surface area contributed by atoms with E-state index in [9.17, 15) is 18.0 Å². The van der Waals surface area contributed by atoms with E-state index in [4.69, 9.17) is 10.2 Å². The fourth-order valence-corrected chi connectivity index (χ4v) is 1.90. The molecule has 0 radical (unpaired) electrons. The fourth-order valence-electron chi connectivity index (χ4n) is 1.90. The zero-order chi connectivity index (χ0) is 14.2. The number of hydrogen-bond acceptors (Lipinski definition) is 3. The van der Waals surface area contributed by atoms with Crippen LogP contribution in [-0.4, -0.2) is 10.7 Å². The van der Waals surface area contributed by atoms with Crippen LogP contribution in [-0.2, 0) is 6.54 Å². The number of halogens is 3. The molecule has 1 unspecified atom stereocenters. The summed E-state index contributed by atoms with van der Waals surface area (Å²) >= 11 is 0. The molecule has 0 saturated carbocycles. The zero-order valence-corrected chi connectivity index (χ0v) is 10.2. The summed E-state index contributed by atoms with van der Waals surface area (Å²) in [6, 6.07) is 1.77. The minimum Gasteiger partial charge on any atom is -0.408 e. The summed E-state index contributed by atoms with van der Waals surface area (Å²) < 4.78 is 43.9. The molecule has 1 aromatic heterocycles. The number of fused-ring (bicyclic) bond motifs is 1. The zero-order valence-electron chi connectivity index (χ0n) is 10.2. The maximum absolute atomic E-state index is 12.5. The molecule has 4 nitrogen and oxygen atoms in total. The molecule has 0 aliphatic rings. The molecular weight excluding hydrogens is 261 g/mol. The number of oxazole rings is 1. The van der Waals surface area contributed by atoms with Gasteiger partial charge >= 0.3 is 11.9 Å². The summed E-state index contributed by atoms with van der Waals surface area (Å²) in [7, 11) is 0. The van der Waals surface area contributed by atoms with Crippen molar-refractivity contribution in [3.8, 4) is 0 Å². The lowest BCUT2D eigenvalue weighted by atomic mass is 10.1. The Bertz CT molecular complexity index is 642. The molecule has 1 atom stereocenters. The third-order valence-corrected chi connectivity index (χ3v) is 2.85. The van der Waals surface area contributed by atoms with Gasteiger partial charge in [0.15, 0.2) is 5.58 Å². The van der Waals surface area contributed by atoms with Gasteiger partial charge in [-0.25, -0.2) is 4.79 Å². The maximum atomic E-state index is 12.5. The van der Waals surface area contributed by atoms with Gasteiger partial charge in [0.1, 0.15) is 6.04 Å². The van der Waals surface area contributed by atoms with Gasteiger partial charge in [-0.05, 0) is 24.1 Å². The molecule has 0 amide bonds. The number of alkyl halides is 3. The molecular formula is C12H13F3N2O2. The Balaban J connectivity index is 2.51. The number of aromatic nitrogens is 1. The standard InChI is InChI=1S/C12H13F3N2O2/c1-2-5-17-8-4-3-7(10(16)12(13,14)15)6-9(8)19-11(17)18/h3-4,6,10H,2,5,16H2,1H3. The van der Waals surface area contributed by atoms with Gasteiger partial charge < -0.3 is 10.2 Å². The Kier molecular flexibility index (Phi) is 3.40. The SMILES string of the molecule is CCCn1c(=O)oc2cc(C(N)C(F)(F)F)ccc21. The highest BCUT2D eigenvalue weighted by molar-refractivity contribution is 5.74. The van der Waals surface area contributed by atoms with E-state index in [0.29, 0.717) is 12.1 Å². The number of hydrogen-bond donors (Lipinski definition) is 1. The van der Waals surface area contributed by atoms with Crippen LogP contribution in [0.4, 0.5) is 13.2 Å². The molecule has 0 fully saturated rings. The van der Waals surface area contributed by atoms with Crippen LogP contribution in [0.15, 0.2) is 27.4 Å². The summed E-state index contributed by atoms with van der Waals surface area (Å²) in [5.41, 5.74) is 5.59. The molecule has 0 aliphatic heterocycles. The average Bonchev–Trinajstić information content (AvgIpc) is 2.63. The first-order chi connectivity index (χ1) is 8.84. The summed E-state index contributed by atoms with van der Waals surface area (Å²) in [5.74, 6) is -0.574. The fraction of sp³-hybridized carbons (Fsp3) is 0.417. The quantitative estimate of drug-likeness (QED) is 0.935. The largest absolute Gasteiger partial charge is 0.419 e. The first-order valence-electron chi connectivity index (χ1n) is 5.80. The summed E-state index contributed by atoms with van der Waals surface area (Å²) in [6.07, 6.45) is -3.81. The number of nitrogens with two attached hydrogens (primary N) is 1. The van der Waals surface area contributed by atoms with Gasteiger partial charge in [0.2, 0.25) is 0 Å². The number of nitrogens with zero attached hydrogens (tertiary/aromatic N) is 1.